The first kappa shape index (κ1) is 23.0. The zero-order valence-corrected chi connectivity index (χ0v) is 17.7. The van der Waals surface area contributed by atoms with Gasteiger partial charge in [0, 0.05) is 5.41 Å². The summed E-state index contributed by atoms with van der Waals surface area (Å²) in [6.45, 7) is 13.1. The first-order valence-electron chi connectivity index (χ1n) is 9.91. The van der Waals surface area contributed by atoms with Gasteiger partial charge in [-0.15, -0.1) is 0 Å². The number of ether oxygens (including phenoxy) is 1. The lowest BCUT2D eigenvalue weighted by atomic mass is 9.78. The maximum Gasteiger partial charge on any atom is 0.119 e. The number of hydrogen-bond acceptors (Lipinski definition) is 3. The summed E-state index contributed by atoms with van der Waals surface area (Å²) in [5, 5.41) is 19.3. The number of rotatable bonds is 7. The molecule has 0 fully saturated rings. The highest BCUT2D eigenvalue weighted by Crippen LogP contribution is 2.33. The molecule has 0 saturated carbocycles. The van der Waals surface area contributed by atoms with Crippen molar-refractivity contribution >= 4 is 0 Å². The Kier molecular flexibility index (Phi) is 9.37. The Morgan fingerprint density at radius 3 is 1.78 bits per heavy atom. The highest BCUT2D eigenvalue weighted by molar-refractivity contribution is 5.41. The fourth-order valence-electron chi connectivity index (χ4n) is 2.82. The minimum absolute atomic E-state index is 0.163. The van der Waals surface area contributed by atoms with Gasteiger partial charge in [-0.3, -0.25) is 0 Å². The zero-order valence-electron chi connectivity index (χ0n) is 17.7. The van der Waals surface area contributed by atoms with Crippen molar-refractivity contribution in [3.05, 3.63) is 59.7 Å². The Morgan fingerprint density at radius 2 is 1.33 bits per heavy atom. The van der Waals surface area contributed by atoms with Crippen LogP contribution in [0.3, 0.4) is 0 Å². The highest BCUT2D eigenvalue weighted by Gasteiger charge is 2.23. The third-order valence-corrected chi connectivity index (χ3v) is 4.35. The van der Waals surface area contributed by atoms with E-state index in [-0.39, 0.29) is 11.2 Å². The molecule has 2 N–H and O–H groups in total. The molecule has 27 heavy (non-hydrogen) atoms. The summed E-state index contributed by atoms with van der Waals surface area (Å²) in [6, 6.07) is 15.3. The summed E-state index contributed by atoms with van der Waals surface area (Å²) in [7, 11) is 0. The van der Waals surface area contributed by atoms with E-state index in [0.717, 1.165) is 17.7 Å². The van der Waals surface area contributed by atoms with E-state index in [1.807, 2.05) is 24.3 Å². The van der Waals surface area contributed by atoms with Crippen LogP contribution in [0.2, 0.25) is 0 Å². The van der Waals surface area contributed by atoms with Crippen LogP contribution in [0.5, 0.6) is 11.5 Å². The molecule has 0 spiro atoms. The van der Waals surface area contributed by atoms with Crippen LogP contribution >= 0.6 is 0 Å². The minimum Gasteiger partial charge on any atom is -0.508 e. The molecule has 0 saturated heterocycles. The summed E-state index contributed by atoms with van der Waals surface area (Å²) in [5.74, 6) is 1.50. The van der Waals surface area contributed by atoms with Crippen LogP contribution in [-0.4, -0.2) is 22.9 Å². The molecule has 1 atom stereocenters. The Morgan fingerprint density at radius 1 is 0.889 bits per heavy atom. The van der Waals surface area contributed by atoms with E-state index < -0.39 is 6.10 Å². The average Bonchev–Trinajstić information content (AvgIpc) is 2.61. The van der Waals surface area contributed by atoms with E-state index >= 15 is 0 Å². The number of phenols is 1. The lowest BCUT2D eigenvalue weighted by molar-refractivity contribution is 0.0892. The first-order valence-corrected chi connectivity index (χ1v) is 9.91. The van der Waals surface area contributed by atoms with Gasteiger partial charge in [0.2, 0.25) is 0 Å². The predicted octanol–water partition coefficient (Wildman–Crippen LogP) is 5.92. The summed E-state index contributed by atoms with van der Waals surface area (Å²) in [5.41, 5.74) is 2.15. The fraction of sp³-hybridized carbons (Fsp3) is 0.500. The van der Waals surface area contributed by atoms with Crippen molar-refractivity contribution in [2.45, 2.75) is 65.9 Å². The van der Waals surface area contributed by atoms with Crippen LogP contribution in [0.1, 0.15) is 65.5 Å². The highest BCUT2D eigenvalue weighted by atomic mass is 16.5. The molecule has 0 radical (unpaired) electrons. The fourth-order valence-corrected chi connectivity index (χ4v) is 2.82. The first-order chi connectivity index (χ1) is 12.7. The van der Waals surface area contributed by atoms with Gasteiger partial charge in [-0.25, -0.2) is 0 Å². The van der Waals surface area contributed by atoms with Crippen LogP contribution < -0.4 is 4.74 Å². The van der Waals surface area contributed by atoms with Crippen LogP contribution in [0.25, 0.3) is 0 Å². The molecule has 0 bridgehead atoms. The van der Waals surface area contributed by atoms with Gasteiger partial charge >= 0.3 is 0 Å². The molecule has 2 aromatic rings. The van der Waals surface area contributed by atoms with Gasteiger partial charge in [-0.1, -0.05) is 72.2 Å². The van der Waals surface area contributed by atoms with Gasteiger partial charge in [0.15, 0.2) is 0 Å². The largest absolute Gasteiger partial charge is 0.508 e. The summed E-state index contributed by atoms with van der Waals surface area (Å²) in [6.07, 6.45) is 1.56. The van der Waals surface area contributed by atoms with E-state index in [0.29, 0.717) is 12.5 Å². The minimum atomic E-state index is -0.432. The quantitative estimate of drug-likeness (QED) is 0.634. The van der Waals surface area contributed by atoms with Crippen molar-refractivity contribution in [2.75, 3.05) is 6.61 Å². The van der Waals surface area contributed by atoms with Gasteiger partial charge in [0.25, 0.3) is 0 Å². The van der Waals surface area contributed by atoms with E-state index in [4.69, 9.17) is 4.74 Å². The van der Waals surface area contributed by atoms with Crippen molar-refractivity contribution in [2.24, 2.45) is 5.92 Å². The number of benzene rings is 2. The molecule has 0 aromatic heterocycles. The van der Waals surface area contributed by atoms with Crippen molar-refractivity contribution in [3.8, 4) is 11.5 Å². The molecule has 0 aliphatic rings. The molecule has 0 amide bonds. The van der Waals surface area contributed by atoms with E-state index in [2.05, 4.69) is 53.7 Å². The number of phenolic OH excluding ortho intramolecular Hbond substituents is 1. The van der Waals surface area contributed by atoms with Crippen LogP contribution in [0.4, 0.5) is 0 Å². The molecule has 3 heteroatoms. The lowest BCUT2D eigenvalue weighted by Gasteiger charge is -2.26. The monoisotopic (exact) mass is 372 g/mol. The van der Waals surface area contributed by atoms with E-state index in [1.165, 1.54) is 12.0 Å². The summed E-state index contributed by atoms with van der Waals surface area (Å²) in [4.78, 5) is 0. The molecule has 2 rings (SSSR count). The molecule has 0 aliphatic heterocycles. The van der Waals surface area contributed by atoms with Gasteiger partial charge in [-0.05, 0) is 47.7 Å². The Hall–Kier alpha value is -2.00. The standard InChI is InChI=1S/C21H28O3.C3H8/c1-15(2)13-19(23)14-24-20-11-7-17(8-12-20)21(3,4)16-5-9-18(22)10-6-16;1-3-2/h5-12,15,19,22-23H,13-14H2,1-4H3;3H2,1-2H3. The Labute approximate surface area is 165 Å². The van der Waals surface area contributed by atoms with Crippen molar-refractivity contribution in [1.82, 2.24) is 0 Å². The molecule has 3 nitrogen and oxygen atoms in total. The van der Waals surface area contributed by atoms with Crippen molar-refractivity contribution < 1.29 is 14.9 Å². The lowest BCUT2D eigenvalue weighted by Crippen LogP contribution is -2.20. The number of aliphatic hydroxyl groups excluding tert-OH is 1. The molecular weight excluding hydrogens is 336 g/mol. The maximum absolute atomic E-state index is 9.89. The molecule has 0 aliphatic carbocycles. The topological polar surface area (TPSA) is 49.7 Å². The van der Waals surface area contributed by atoms with Crippen LogP contribution in [-0.2, 0) is 5.41 Å². The van der Waals surface area contributed by atoms with Gasteiger partial charge in [-0.2, -0.15) is 0 Å². The number of aliphatic hydroxyl groups is 1. The van der Waals surface area contributed by atoms with Gasteiger partial charge in [0.1, 0.15) is 18.1 Å². The molecule has 2 aromatic carbocycles. The molecule has 0 heterocycles. The van der Waals surface area contributed by atoms with Crippen LogP contribution in [0.15, 0.2) is 48.5 Å². The Bertz CT molecular complexity index is 642. The summed E-state index contributed by atoms with van der Waals surface area (Å²) < 4.78 is 5.67. The van der Waals surface area contributed by atoms with Crippen molar-refractivity contribution in [3.63, 3.8) is 0 Å². The second-order valence-corrected chi connectivity index (χ2v) is 8.00. The second kappa shape index (κ2) is 11.0. The molecule has 150 valence electrons. The third kappa shape index (κ3) is 7.64. The molecular formula is C24H36O3. The predicted molar refractivity (Wildman–Crippen MR) is 114 cm³/mol. The van der Waals surface area contributed by atoms with Crippen LogP contribution in [0, 0.1) is 5.92 Å². The number of hydrogen-bond donors (Lipinski definition) is 2. The SMILES string of the molecule is CC(C)CC(O)COc1ccc(C(C)(C)c2ccc(O)cc2)cc1.CCC. The molecule has 1 unspecified atom stereocenters. The second-order valence-electron chi connectivity index (χ2n) is 8.00. The van der Waals surface area contributed by atoms with Crippen molar-refractivity contribution in [1.29, 1.82) is 0 Å². The zero-order chi connectivity index (χ0) is 20.4. The Balaban J connectivity index is 0.00000114. The van der Waals surface area contributed by atoms with E-state index in [9.17, 15) is 10.2 Å². The average molecular weight is 373 g/mol. The van der Waals surface area contributed by atoms with Gasteiger partial charge < -0.3 is 14.9 Å². The number of aromatic hydroxyl groups is 1. The maximum atomic E-state index is 9.89. The van der Waals surface area contributed by atoms with Gasteiger partial charge in [0.05, 0.1) is 6.10 Å². The van der Waals surface area contributed by atoms with E-state index in [1.54, 1.807) is 12.1 Å². The summed E-state index contributed by atoms with van der Waals surface area (Å²) >= 11 is 0. The smallest absolute Gasteiger partial charge is 0.119 e. The normalized spacial score (nSPS) is 12.3. The third-order valence-electron chi connectivity index (χ3n) is 4.35.